The molecule has 0 bridgehead atoms. The normalized spacial score (nSPS) is 13.9. The van der Waals surface area contributed by atoms with Crippen LogP contribution in [0.4, 0.5) is 5.69 Å². The molecule has 0 unspecified atom stereocenters. The van der Waals surface area contributed by atoms with Crippen molar-refractivity contribution >= 4 is 17.5 Å². The molecule has 7 rings (SSSR count). The second-order valence-corrected chi connectivity index (χ2v) is 12.8. The lowest BCUT2D eigenvalue weighted by Gasteiger charge is -2.36. The molecular formula is C45H37N5O2. The van der Waals surface area contributed by atoms with E-state index >= 15 is 0 Å². The lowest BCUT2D eigenvalue weighted by molar-refractivity contribution is 0.0732. The van der Waals surface area contributed by atoms with Crippen LogP contribution in [0.2, 0.25) is 0 Å². The van der Waals surface area contributed by atoms with E-state index in [1.807, 2.05) is 131 Å². The van der Waals surface area contributed by atoms with E-state index in [1.54, 1.807) is 0 Å². The maximum absolute atomic E-state index is 13.3. The van der Waals surface area contributed by atoms with Crippen LogP contribution in [-0.4, -0.2) is 74.0 Å². The molecule has 5 aromatic carbocycles. The van der Waals surface area contributed by atoms with Crippen molar-refractivity contribution in [3.63, 3.8) is 0 Å². The van der Waals surface area contributed by atoms with Crippen LogP contribution < -0.4 is 10.2 Å². The minimum Gasteiger partial charge on any atom is -0.367 e. The fraction of sp³-hybridized carbons (Fsp3) is 0.178. The van der Waals surface area contributed by atoms with Gasteiger partial charge in [-0.2, -0.15) is 5.26 Å². The van der Waals surface area contributed by atoms with Gasteiger partial charge in [-0.3, -0.25) is 9.59 Å². The summed E-state index contributed by atoms with van der Waals surface area (Å²) in [6.07, 6.45) is 0. The first-order chi connectivity index (χ1) is 25.5. The van der Waals surface area contributed by atoms with E-state index in [9.17, 15) is 14.9 Å². The molecule has 2 heterocycles. The average molecular weight is 680 g/mol. The SMILES string of the molecule is N#Cc1cc(-c2cccc(C#Cc3ccc(C(=O)N4CCNCC4)cc3)c2)ccc1N1CCN(C(=O)c2ccc(C#Cc3ccccc3)cc2)CC1. The zero-order valence-electron chi connectivity index (χ0n) is 28.8. The van der Waals surface area contributed by atoms with Crippen molar-refractivity contribution < 1.29 is 9.59 Å². The van der Waals surface area contributed by atoms with Crippen molar-refractivity contribution in [3.8, 4) is 40.9 Å². The Bertz CT molecular complexity index is 2240. The summed E-state index contributed by atoms with van der Waals surface area (Å²) in [6, 6.07) is 41.1. The first-order valence-corrected chi connectivity index (χ1v) is 17.5. The second-order valence-electron chi connectivity index (χ2n) is 12.8. The van der Waals surface area contributed by atoms with Gasteiger partial charge in [0.1, 0.15) is 6.07 Å². The highest BCUT2D eigenvalue weighted by Crippen LogP contribution is 2.29. The van der Waals surface area contributed by atoms with Crippen LogP contribution in [0, 0.1) is 35.0 Å². The highest BCUT2D eigenvalue weighted by Gasteiger charge is 2.24. The number of piperazine rings is 2. The van der Waals surface area contributed by atoms with Crippen molar-refractivity contribution in [2.45, 2.75) is 0 Å². The van der Waals surface area contributed by atoms with Gasteiger partial charge in [0.15, 0.2) is 0 Å². The van der Waals surface area contributed by atoms with Crippen molar-refractivity contribution in [2.24, 2.45) is 0 Å². The molecule has 52 heavy (non-hydrogen) atoms. The first-order valence-electron chi connectivity index (χ1n) is 17.5. The maximum Gasteiger partial charge on any atom is 0.253 e. The van der Waals surface area contributed by atoms with Crippen LogP contribution in [-0.2, 0) is 0 Å². The number of nitrogens with zero attached hydrogens (tertiary/aromatic N) is 4. The van der Waals surface area contributed by atoms with E-state index in [1.165, 1.54) is 0 Å². The molecule has 2 aliphatic rings. The number of benzene rings is 5. The first kappa shape index (κ1) is 33.9. The van der Waals surface area contributed by atoms with Crippen LogP contribution in [0.5, 0.6) is 0 Å². The molecule has 2 fully saturated rings. The number of anilines is 1. The van der Waals surface area contributed by atoms with Gasteiger partial charge in [0.2, 0.25) is 0 Å². The molecule has 2 amide bonds. The van der Waals surface area contributed by atoms with Gasteiger partial charge < -0.3 is 20.0 Å². The summed E-state index contributed by atoms with van der Waals surface area (Å²) in [5.41, 5.74) is 8.19. The molecule has 0 atom stereocenters. The highest BCUT2D eigenvalue weighted by molar-refractivity contribution is 5.95. The largest absolute Gasteiger partial charge is 0.367 e. The molecule has 1 N–H and O–H groups in total. The van der Waals surface area contributed by atoms with Crippen molar-refractivity contribution in [1.82, 2.24) is 15.1 Å². The number of hydrogen-bond donors (Lipinski definition) is 1. The lowest BCUT2D eigenvalue weighted by Crippen LogP contribution is -2.49. The fourth-order valence-corrected chi connectivity index (χ4v) is 6.44. The van der Waals surface area contributed by atoms with Crippen LogP contribution in [0.1, 0.15) is 48.5 Å². The standard InChI is InChI=1S/C45H37N5O2/c46-33-42-32-41(40-8-4-7-37(31-40)12-11-36-15-17-38(18-16-36)44(51)49-25-23-47-24-26-49)21-22-43(42)48-27-29-50(30-28-48)45(52)39-19-13-35(14-20-39)10-9-34-5-2-1-3-6-34/h1-8,13-22,31-32,47H,23-30H2. The third-order valence-corrected chi connectivity index (χ3v) is 9.36. The predicted molar refractivity (Wildman–Crippen MR) is 205 cm³/mol. The van der Waals surface area contributed by atoms with Gasteiger partial charge in [0, 0.05) is 85.7 Å². The Balaban J connectivity index is 0.969. The number of hydrogen-bond acceptors (Lipinski definition) is 5. The molecule has 0 saturated carbocycles. The molecule has 2 saturated heterocycles. The third-order valence-electron chi connectivity index (χ3n) is 9.36. The summed E-state index contributed by atoms with van der Waals surface area (Å²) < 4.78 is 0. The Kier molecular flexibility index (Phi) is 10.4. The molecular weight excluding hydrogens is 643 g/mol. The molecule has 0 aliphatic carbocycles. The predicted octanol–water partition coefficient (Wildman–Crippen LogP) is 6.03. The summed E-state index contributed by atoms with van der Waals surface area (Å²) in [7, 11) is 0. The summed E-state index contributed by atoms with van der Waals surface area (Å²) in [5, 5.41) is 13.4. The number of nitrogens with one attached hydrogen (secondary N) is 1. The highest BCUT2D eigenvalue weighted by atomic mass is 16.2. The van der Waals surface area contributed by atoms with Gasteiger partial charge in [0.05, 0.1) is 11.3 Å². The van der Waals surface area contributed by atoms with E-state index in [0.29, 0.717) is 42.9 Å². The van der Waals surface area contributed by atoms with Gasteiger partial charge in [-0.1, -0.05) is 60.1 Å². The summed E-state index contributed by atoms with van der Waals surface area (Å²) in [5.74, 6) is 12.8. The second kappa shape index (κ2) is 16.0. The quantitative estimate of drug-likeness (QED) is 0.235. The summed E-state index contributed by atoms with van der Waals surface area (Å²) in [4.78, 5) is 32.0. The lowest BCUT2D eigenvalue weighted by atomic mass is 9.99. The van der Waals surface area contributed by atoms with E-state index in [4.69, 9.17) is 0 Å². The van der Waals surface area contributed by atoms with E-state index in [0.717, 1.165) is 65.2 Å². The zero-order chi connectivity index (χ0) is 35.7. The Morgan fingerprint density at radius 1 is 0.519 bits per heavy atom. The van der Waals surface area contributed by atoms with Gasteiger partial charge in [-0.15, -0.1) is 0 Å². The summed E-state index contributed by atoms with van der Waals surface area (Å²) >= 11 is 0. The molecule has 5 aromatic rings. The molecule has 2 aliphatic heterocycles. The molecule has 7 nitrogen and oxygen atoms in total. The van der Waals surface area contributed by atoms with Gasteiger partial charge >= 0.3 is 0 Å². The number of carbonyl (C=O) groups excluding carboxylic acids is 2. The number of rotatable bonds is 4. The number of carbonyl (C=O) groups is 2. The summed E-state index contributed by atoms with van der Waals surface area (Å²) in [6.45, 7) is 5.49. The number of nitriles is 1. The minimum atomic E-state index is -0.000937. The van der Waals surface area contributed by atoms with E-state index < -0.39 is 0 Å². The van der Waals surface area contributed by atoms with Crippen LogP contribution in [0.15, 0.2) is 121 Å². The molecule has 0 radical (unpaired) electrons. The molecule has 7 heteroatoms. The van der Waals surface area contributed by atoms with Crippen molar-refractivity contribution in [3.05, 3.63) is 160 Å². The van der Waals surface area contributed by atoms with Crippen LogP contribution >= 0.6 is 0 Å². The van der Waals surface area contributed by atoms with E-state index in [2.05, 4.69) is 40.0 Å². The Hall–Kier alpha value is -6.59. The van der Waals surface area contributed by atoms with Gasteiger partial charge in [0.25, 0.3) is 11.8 Å². The Morgan fingerprint density at radius 2 is 1.04 bits per heavy atom. The molecule has 0 spiro atoms. The molecule has 254 valence electrons. The Morgan fingerprint density at radius 3 is 1.63 bits per heavy atom. The van der Waals surface area contributed by atoms with E-state index in [-0.39, 0.29) is 11.8 Å². The van der Waals surface area contributed by atoms with Gasteiger partial charge in [-0.25, -0.2) is 0 Å². The third kappa shape index (κ3) is 8.06. The topological polar surface area (TPSA) is 79.7 Å². The zero-order valence-corrected chi connectivity index (χ0v) is 28.8. The fourth-order valence-electron chi connectivity index (χ4n) is 6.44. The van der Waals surface area contributed by atoms with Crippen LogP contribution in [0.25, 0.3) is 11.1 Å². The van der Waals surface area contributed by atoms with Crippen molar-refractivity contribution in [1.29, 1.82) is 5.26 Å². The number of amides is 2. The smallest absolute Gasteiger partial charge is 0.253 e. The molecule has 0 aromatic heterocycles. The van der Waals surface area contributed by atoms with Crippen LogP contribution in [0.3, 0.4) is 0 Å². The van der Waals surface area contributed by atoms with Crippen molar-refractivity contribution in [2.75, 3.05) is 57.3 Å². The average Bonchev–Trinajstić information content (AvgIpc) is 3.22. The maximum atomic E-state index is 13.3. The van der Waals surface area contributed by atoms with Gasteiger partial charge in [-0.05, 0) is 96.1 Å². The monoisotopic (exact) mass is 679 g/mol. The minimum absolute atomic E-state index is 0.000937. The Labute approximate surface area is 305 Å².